The van der Waals surface area contributed by atoms with Crippen LogP contribution >= 0.6 is 11.6 Å². The normalized spacial score (nSPS) is 12.0. The number of hydrogen-bond donors (Lipinski definition) is 1. The van der Waals surface area contributed by atoms with Gasteiger partial charge in [0, 0.05) is 6.54 Å². The van der Waals surface area contributed by atoms with Crippen molar-refractivity contribution >= 4 is 17.3 Å². The van der Waals surface area contributed by atoms with E-state index in [1.165, 1.54) is 4.68 Å². The summed E-state index contributed by atoms with van der Waals surface area (Å²) in [5.74, 6) is 0.813. The van der Waals surface area contributed by atoms with Crippen LogP contribution in [0.2, 0.25) is 5.02 Å². The van der Waals surface area contributed by atoms with Gasteiger partial charge in [0.05, 0.1) is 31.6 Å². The van der Waals surface area contributed by atoms with Gasteiger partial charge < -0.3 is 15.0 Å². The molecule has 1 atom stereocenters. The van der Waals surface area contributed by atoms with E-state index in [9.17, 15) is 4.79 Å². The number of anilines is 1. The summed E-state index contributed by atoms with van der Waals surface area (Å²) in [6.07, 6.45) is 1.60. The minimum absolute atomic E-state index is 0.0868. The van der Waals surface area contributed by atoms with Gasteiger partial charge >= 0.3 is 0 Å². The van der Waals surface area contributed by atoms with Crippen LogP contribution in [-0.2, 0) is 6.54 Å². The molecule has 1 N–H and O–H groups in total. The van der Waals surface area contributed by atoms with Crippen molar-refractivity contribution < 1.29 is 4.74 Å². The number of aromatic nitrogens is 2. The molecule has 0 aliphatic carbocycles. The lowest BCUT2D eigenvalue weighted by molar-refractivity contribution is 0.311. The molecule has 0 spiro atoms. The minimum atomic E-state index is -0.314. The Bertz CT molecular complexity index is 988. The predicted octanol–water partition coefficient (Wildman–Crippen LogP) is 3.67. The summed E-state index contributed by atoms with van der Waals surface area (Å²) in [6, 6.07) is 17.7. The van der Waals surface area contributed by atoms with Gasteiger partial charge in [0.2, 0.25) is 0 Å². The molecule has 6 nitrogen and oxygen atoms in total. The number of nitrogens with zero attached hydrogens (tertiary/aromatic N) is 3. The maximum Gasteiger partial charge on any atom is 0.287 e. The Morgan fingerprint density at radius 2 is 1.83 bits per heavy atom. The number of halogens is 1. The van der Waals surface area contributed by atoms with E-state index >= 15 is 0 Å². The van der Waals surface area contributed by atoms with Crippen molar-refractivity contribution in [2.24, 2.45) is 0 Å². The number of benzene rings is 2. The molecule has 29 heavy (non-hydrogen) atoms. The van der Waals surface area contributed by atoms with Crippen LogP contribution in [0.4, 0.5) is 5.69 Å². The number of rotatable bonds is 8. The van der Waals surface area contributed by atoms with Gasteiger partial charge in [-0.3, -0.25) is 4.79 Å². The Balaban J connectivity index is 1.74. The highest BCUT2D eigenvalue weighted by atomic mass is 35.5. The van der Waals surface area contributed by atoms with Crippen molar-refractivity contribution in [3.8, 4) is 5.75 Å². The fourth-order valence-corrected chi connectivity index (χ4v) is 3.30. The van der Waals surface area contributed by atoms with Gasteiger partial charge in [0.1, 0.15) is 10.8 Å². The second kappa shape index (κ2) is 9.58. The molecule has 0 saturated carbocycles. The van der Waals surface area contributed by atoms with Crippen molar-refractivity contribution in [1.29, 1.82) is 0 Å². The molecule has 0 fully saturated rings. The Labute approximate surface area is 175 Å². The number of nitrogens with one attached hydrogen (secondary N) is 1. The molecule has 0 aliphatic heterocycles. The number of ether oxygens (including phenoxy) is 1. The molecule has 1 aromatic heterocycles. The lowest BCUT2D eigenvalue weighted by Crippen LogP contribution is -2.29. The first kappa shape index (κ1) is 20.9. The summed E-state index contributed by atoms with van der Waals surface area (Å²) in [5, 5.41) is 7.69. The molecule has 1 heterocycles. The summed E-state index contributed by atoms with van der Waals surface area (Å²) in [6.45, 7) is 0.953. The van der Waals surface area contributed by atoms with Gasteiger partial charge in [-0.15, -0.1) is 0 Å². The van der Waals surface area contributed by atoms with E-state index in [0.717, 1.165) is 16.9 Å². The predicted molar refractivity (Wildman–Crippen MR) is 117 cm³/mol. The van der Waals surface area contributed by atoms with Gasteiger partial charge in [-0.25, -0.2) is 4.68 Å². The monoisotopic (exact) mass is 412 g/mol. The van der Waals surface area contributed by atoms with Crippen molar-refractivity contribution in [1.82, 2.24) is 14.7 Å². The first-order chi connectivity index (χ1) is 14.0. The number of likely N-dealkylation sites (N-methyl/N-ethyl adjacent to an activating group) is 1. The summed E-state index contributed by atoms with van der Waals surface area (Å²) >= 11 is 6.35. The van der Waals surface area contributed by atoms with E-state index in [1.54, 1.807) is 13.3 Å². The van der Waals surface area contributed by atoms with Gasteiger partial charge in [0.15, 0.2) is 0 Å². The van der Waals surface area contributed by atoms with Crippen LogP contribution in [0.3, 0.4) is 0 Å². The molecular formula is C22H25ClN4O2. The molecule has 0 bridgehead atoms. The highest BCUT2D eigenvalue weighted by Crippen LogP contribution is 2.23. The molecule has 0 radical (unpaired) electrons. The van der Waals surface area contributed by atoms with Crippen LogP contribution < -0.4 is 15.6 Å². The van der Waals surface area contributed by atoms with Gasteiger partial charge in [-0.2, -0.15) is 5.10 Å². The van der Waals surface area contributed by atoms with E-state index in [2.05, 4.69) is 15.3 Å². The van der Waals surface area contributed by atoms with Crippen LogP contribution in [-0.4, -0.2) is 42.4 Å². The number of methoxy groups -OCH3 is 1. The van der Waals surface area contributed by atoms with Crippen LogP contribution in [0.1, 0.15) is 17.2 Å². The molecule has 3 rings (SSSR count). The van der Waals surface area contributed by atoms with Crippen LogP contribution in [0.25, 0.3) is 0 Å². The third-order valence-corrected chi connectivity index (χ3v) is 5.14. The SMILES string of the molecule is COc1ccc(C(CNc2cnn(Cc3ccccc3)c(=O)c2Cl)N(C)C)cc1. The van der Waals surface area contributed by atoms with Gasteiger partial charge in [-0.1, -0.05) is 54.1 Å². The van der Waals surface area contributed by atoms with Crippen molar-refractivity contribution in [2.45, 2.75) is 12.6 Å². The molecule has 2 aromatic carbocycles. The summed E-state index contributed by atoms with van der Waals surface area (Å²) in [7, 11) is 5.66. The van der Waals surface area contributed by atoms with Crippen LogP contribution in [0, 0.1) is 0 Å². The molecule has 152 valence electrons. The summed E-state index contributed by atoms with van der Waals surface area (Å²) in [4.78, 5) is 14.7. The van der Waals surface area contributed by atoms with E-state index in [0.29, 0.717) is 18.8 Å². The van der Waals surface area contributed by atoms with E-state index in [4.69, 9.17) is 16.3 Å². The maximum atomic E-state index is 12.6. The van der Waals surface area contributed by atoms with E-state index in [-0.39, 0.29) is 16.6 Å². The van der Waals surface area contributed by atoms with Crippen LogP contribution in [0.5, 0.6) is 5.75 Å². The second-order valence-corrected chi connectivity index (χ2v) is 7.33. The second-order valence-electron chi connectivity index (χ2n) is 6.95. The lowest BCUT2D eigenvalue weighted by atomic mass is 10.1. The summed E-state index contributed by atoms with van der Waals surface area (Å²) in [5.41, 5.74) is 2.34. The smallest absolute Gasteiger partial charge is 0.287 e. The molecule has 0 saturated heterocycles. The third-order valence-electron chi connectivity index (χ3n) is 4.77. The Hall–Kier alpha value is -2.83. The van der Waals surface area contributed by atoms with Gasteiger partial charge in [0.25, 0.3) is 5.56 Å². The topological polar surface area (TPSA) is 59.4 Å². The first-order valence-corrected chi connectivity index (χ1v) is 9.71. The fourth-order valence-electron chi connectivity index (χ4n) is 3.09. The Morgan fingerprint density at radius 3 is 2.45 bits per heavy atom. The average Bonchev–Trinajstić information content (AvgIpc) is 2.74. The van der Waals surface area contributed by atoms with E-state index < -0.39 is 0 Å². The third kappa shape index (κ3) is 5.16. The quantitative estimate of drug-likeness (QED) is 0.611. The lowest BCUT2D eigenvalue weighted by Gasteiger charge is -2.26. The van der Waals surface area contributed by atoms with Crippen molar-refractivity contribution in [3.63, 3.8) is 0 Å². The Morgan fingerprint density at radius 1 is 1.14 bits per heavy atom. The maximum absolute atomic E-state index is 12.6. The van der Waals surface area contributed by atoms with Crippen molar-refractivity contribution in [3.05, 3.63) is 87.3 Å². The van der Waals surface area contributed by atoms with Crippen LogP contribution in [0.15, 0.2) is 65.6 Å². The van der Waals surface area contributed by atoms with Crippen molar-refractivity contribution in [2.75, 3.05) is 33.1 Å². The standard InChI is InChI=1S/C22H25ClN4O2/c1-26(2)20(17-9-11-18(29-3)12-10-17)14-24-19-13-25-27(22(28)21(19)23)15-16-7-5-4-6-8-16/h4-13,20,24H,14-15H2,1-3H3. The molecule has 3 aromatic rings. The van der Waals surface area contributed by atoms with E-state index in [1.807, 2.05) is 68.7 Å². The highest BCUT2D eigenvalue weighted by Gasteiger charge is 2.16. The zero-order chi connectivity index (χ0) is 20.8. The molecular weight excluding hydrogens is 388 g/mol. The Kier molecular flexibility index (Phi) is 6.90. The minimum Gasteiger partial charge on any atom is -0.497 e. The highest BCUT2D eigenvalue weighted by molar-refractivity contribution is 6.32. The molecule has 1 unspecified atom stereocenters. The average molecular weight is 413 g/mol. The fraction of sp³-hybridized carbons (Fsp3) is 0.273. The van der Waals surface area contributed by atoms with Gasteiger partial charge in [-0.05, 0) is 37.4 Å². The zero-order valence-electron chi connectivity index (χ0n) is 16.8. The largest absolute Gasteiger partial charge is 0.497 e. The summed E-state index contributed by atoms with van der Waals surface area (Å²) < 4.78 is 6.60. The molecule has 7 heteroatoms. The zero-order valence-corrected chi connectivity index (χ0v) is 17.6. The number of hydrogen-bond acceptors (Lipinski definition) is 5. The first-order valence-electron chi connectivity index (χ1n) is 9.33. The molecule has 0 aliphatic rings. The molecule has 0 amide bonds.